The van der Waals surface area contributed by atoms with Crippen molar-refractivity contribution in [1.29, 1.82) is 0 Å². The van der Waals surface area contributed by atoms with Crippen LogP contribution in [-0.2, 0) is 6.61 Å². The Hall–Kier alpha value is -0.800. The lowest BCUT2D eigenvalue weighted by atomic mass is 10.1. The molecular formula is C13H13BrOS. The van der Waals surface area contributed by atoms with Crippen molar-refractivity contribution in [2.45, 2.75) is 20.5 Å². The Morgan fingerprint density at radius 2 is 2.06 bits per heavy atom. The summed E-state index contributed by atoms with van der Waals surface area (Å²) in [5.41, 5.74) is 2.46. The second-order valence-electron chi connectivity index (χ2n) is 3.79. The first kappa shape index (κ1) is 11.7. The SMILES string of the molecule is Cc1ccc(OCc2cc(Br)cs2)c(C)c1. The number of rotatable bonds is 3. The van der Waals surface area contributed by atoms with E-state index in [-0.39, 0.29) is 0 Å². The quantitative estimate of drug-likeness (QED) is 0.797. The maximum absolute atomic E-state index is 5.78. The number of halogens is 1. The molecule has 0 fully saturated rings. The predicted octanol–water partition coefficient (Wildman–Crippen LogP) is 4.71. The zero-order valence-corrected chi connectivity index (χ0v) is 11.7. The standard InChI is InChI=1S/C13H13BrOS/c1-9-3-4-13(10(2)5-9)15-7-12-6-11(14)8-16-12/h3-6,8H,7H2,1-2H3. The van der Waals surface area contributed by atoms with Crippen LogP contribution in [0.5, 0.6) is 5.75 Å². The van der Waals surface area contributed by atoms with Crippen LogP contribution in [0, 0.1) is 13.8 Å². The molecule has 0 radical (unpaired) electrons. The van der Waals surface area contributed by atoms with Gasteiger partial charge in [-0.05, 0) is 47.5 Å². The summed E-state index contributed by atoms with van der Waals surface area (Å²) in [6.07, 6.45) is 0. The fourth-order valence-corrected chi connectivity index (χ4v) is 2.90. The normalized spacial score (nSPS) is 10.4. The van der Waals surface area contributed by atoms with E-state index in [1.165, 1.54) is 16.0 Å². The molecular weight excluding hydrogens is 284 g/mol. The molecule has 0 N–H and O–H groups in total. The smallest absolute Gasteiger partial charge is 0.122 e. The Morgan fingerprint density at radius 3 is 2.69 bits per heavy atom. The van der Waals surface area contributed by atoms with Gasteiger partial charge < -0.3 is 4.74 Å². The second-order valence-corrected chi connectivity index (χ2v) is 5.70. The highest BCUT2D eigenvalue weighted by Crippen LogP contribution is 2.23. The van der Waals surface area contributed by atoms with Crippen molar-refractivity contribution in [3.05, 3.63) is 50.1 Å². The molecule has 2 rings (SSSR count). The van der Waals surface area contributed by atoms with Gasteiger partial charge in [0.15, 0.2) is 0 Å². The summed E-state index contributed by atoms with van der Waals surface area (Å²) in [5, 5.41) is 2.07. The van der Waals surface area contributed by atoms with Gasteiger partial charge in [0.25, 0.3) is 0 Å². The van der Waals surface area contributed by atoms with Crippen molar-refractivity contribution in [3.63, 3.8) is 0 Å². The zero-order valence-electron chi connectivity index (χ0n) is 9.29. The van der Waals surface area contributed by atoms with Crippen LogP contribution in [-0.4, -0.2) is 0 Å². The number of ether oxygens (including phenoxy) is 1. The minimum absolute atomic E-state index is 0.639. The maximum Gasteiger partial charge on any atom is 0.122 e. The van der Waals surface area contributed by atoms with Crippen LogP contribution in [0.25, 0.3) is 0 Å². The lowest BCUT2D eigenvalue weighted by Gasteiger charge is -2.08. The summed E-state index contributed by atoms with van der Waals surface area (Å²) in [6.45, 7) is 4.81. The highest BCUT2D eigenvalue weighted by Gasteiger charge is 2.02. The average Bonchev–Trinajstić information content (AvgIpc) is 2.63. The highest BCUT2D eigenvalue weighted by atomic mass is 79.9. The number of aryl methyl sites for hydroxylation is 2. The van der Waals surface area contributed by atoms with Gasteiger partial charge in [0, 0.05) is 14.7 Å². The van der Waals surface area contributed by atoms with Gasteiger partial charge in [0.1, 0.15) is 12.4 Å². The molecule has 16 heavy (non-hydrogen) atoms. The molecule has 0 saturated carbocycles. The predicted molar refractivity (Wildman–Crippen MR) is 72.3 cm³/mol. The molecule has 0 bridgehead atoms. The number of hydrogen-bond donors (Lipinski definition) is 0. The van der Waals surface area contributed by atoms with Gasteiger partial charge in [0.2, 0.25) is 0 Å². The first-order valence-electron chi connectivity index (χ1n) is 5.08. The monoisotopic (exact) mass is 296 g/mol. The van der Waals surface area contributed by atoms with E-state index in [4.69, 9.17) is 4.74 Å². The molecule has 0 aliphatic rings. The van der Waals surface area contributed by atoms with E-state index in [1.54, 1.807) is 11.3 Å². The second kappa shape index (κ2) is 5.02. The molecule has 1 aromatic heterocycles. The topological polar surface area (TPSA) is 9.23 Å². The van der Waals surface area contributed by atoms with E-state index in [0.717, 1.165) is 10.2 Å². The van der Waals surface area contributed by atoms with E-state index in [9.17, 15) is 0 Å². The van der Waals surface area contributed by atoms with E-state index >= 15 is 0 Å². The Morgan fingerprint density at radius 1 is 1.25 bits per heavy atom. The number of hydrogen-bond acceptors (Lipinski definition) is 2. The summed E-state index contributed by atoms with van der Waals surface area (Å²) in [5.74, 6) is 0.968. The van der Waals surface area contributed by atoms with Crippen LogP contribution in [0.4, 0.5) is 0 Å². The Kier molecular flexibility index (Phi) is 3.66. The molecule has 0 saturated heterocycles. The molecule has 0 aliphatic heterocycles. The van der Waals surface area contributed by atoms with E-state index in [2.05, 4.69) is 53.4 Å². The van der Waals surface area contributed by atoms with Gasteiger partial charge in [-0.3, -0.25) is 0 Å². The minimum Gasteiger partial charge on any atom is -0.488 e. The number of thiophene rings is 1. The molecule has 1 aromatic carbocycles. The zero-order chi connectivity index (χ0) is 11.5. The number of benzene rings is 1. The van der Waals surface area contributed by atoms with Crippen LogP contribution >= 0.6 is 27.3 Å². The average molecular weight is 297 g/mol. The lowest BCUT2D eigenvalue weighted by molar-refractivity contribution is 0.307. The summed E-state index contributed by atoms with van der Waals surface area (Å²) < 4.78 is 6.90. The lowest BCUT2D eigenvalue weighted by Crippen LogP contribution is -1.95. The van der Waals surface area contributed by atoms with Gasteiger partial charge in [-0.2, -0.15) is 0 Å². The molecule has 1 nitrogen and oxygen atoms in total. The van der Waals surface area contributed by atoms with Crippen LogP contribution in [0.15, 0.2) is 34.1 Å². The molecule has 0 aliphatic carbocycles. The first-order chi connectivity index (χ1) is 7.65. The Balaban J connectivity index is 2.04. The third kappa shape index (κ3) is 2.86. The first-order valence-corrected chi connectivity index (χ1v) is 6.75. The van der Waals surface area contributed by atoms with Crippen LogP contribution in [0.3, 0.4) is 0 Å². The van der Waals surface area contributed by atoms with E-state index in [0.29, 0.717) is 6.61 Å². The molecule has 0 spiro atoms. The van der Waals surface area contributed by atoms with Gasteiger partial charge >= 0.3 is 0 Å². The van der Waals surface area contributed by atoms with Crippen molar-refractivity contribution in [3.8, 4) is 5.75 Å². The van der Waals surface area contributed by atoms with Crippen molar-refractivity contribution in [2.75, 3.05) is 0 Å². The Bertz CT molecular complexity index is 490. The third-order valence-corrected chi connectivity index (χ3v) is 3.99. The molecule has 2 aromatic rings. The van der Waals surface area contributed by atoms with Crippen molar-refractivity contribution in [1.82, 2.24) is 0 Å². The van der Waals surface area contributed by atoms with Crippen LogP contribution < -0.4 is 4.74 Å². The largest absolute Gasteiger partial charge is 0.488 e. The summed E-state index contributed by atoms with van der Waals surface area (Å²) in [4.78, 5) is 1.23. The summed E-state index contributed by atoms with van der Waals surface area (Å²) >= 11 is 5.14. The summed E-state index contributed by atoms with van der Waals surface area (Å²) in [6, 6.07) is 8.34. The highest BCUT2D eigenvalue weighted by molar-refractivity contribution is 9.10. The van der Waals surface area contributed by atoms with Crippen molar-refractivity contribution in [2.24, 2.45) is 0 Å². The van der Waals surface area contributed by atoms with Crippen LogP contribution in [0.1, 0.15) is 16.0 Å². The molecule has 1 heterocycles. The fraction of sp³-hybridized carbons (Fsp3) is 0.231. The molecule has 0 atom stereocenters. The van der Waals surface area contributed by atoms with Gasteiger partial charge in [-0.25, -0.2) is 0 Å². The minimum atomic E-state index is 0.639. The van der Waals surface area contributed by atoms with Crippen molar-refractivity contribution < 1.29 is 4.74 Å². The Labute approximate surface area is 108 Å². The van der Waals surface area contributed by atoms with E-state index < -0.39 is 0 Å². The summed E-state index contributed by atoms with van der Waals surface area (Å²) in [7, 11) is 0. The fourth-order valence-electron chi connectivity index (χ4n) is 1.54. The van der Waals surface area contributed by atoms with Gasteiger partial charge in [0.05, 0.1) is 0 Å². The van der Waals surface area contributed by atoms with Gasteiger partial charge in [-0.15, -0.1) is 11.3 Å². The van der Waals surface area contributed by atoms with Crippen LogP contribution in [0.2, 0.25) is 0 Å². The molecule has 84 valence electrons. The van der Waals surface area contributed by atoms with Crippen molar-refractivity contribution >= 4 is 27.3 Å². The molecule has 0 unspecified atom stereocenters. The van der Waals surface area contributed by atoms with E-state index in [1.807, 2.05) is 6.07 Å². The molecule has 0 amide bonds. The molecule has 3 heteroatoms. The third-order valence-electron chi connectivity index (χ3n) is 2.32. The maximum atomic E-state index is 5.78. The van der Waals surface area contributed by atoms with Gasteiger partial charge in [-0.1, -0.05) is 17.7 Å².